The summed E-state index contributed by atoms with van der Waals surface area (Å²) in [6.45, 7) is 2.07. The highest BCUT2D eigenvalue weighted by Gasteiger charge is 2.10. The number of nitrogens with zero attached hydrogens (tertiary/aromatic N) is 2. The van der Waals surface area contributed by atoms with E-state index >= 15 is 0 Å². The van der Waals surface area contributed by atoms with Gasteiger partial charge in [-0.15, -0.1) is 0 Å². The fraction of sp³-hybridized carbons (Fsp3) is 0.167. The van der Waals surface area contributed by atoms with Gasteiger partial charge in [0.2, 0.25) is 11.7 Å². The molecule has 0 saturated heterocycles. The van der Waals surface area contributed by atoms with Crippen LogP contribution in [-0.2, 0) is 11.3 Å². The fourth-order valence-electron chi connectivity index (χ4n) is 2.13. The zero-order valence-electron chi connectivity index (χ0n) is 13.5. The number of carbonyl (C=O) groups excluding carboxylic acids is 1. The molecule has 0 saturated carbocycles. The van der Waals surface area contributed by atoms with Gasteiger partial charge in [0.05, 0.1) is 6.54 Å². The van der Waals surface area contributed by atoms with Crippen LogP contribution in [0, 0.1) is 6.92 Å². The Morgan fingerprint density at radius 1 is 1.24 bits per heavy atom. The number of hydrogen-bond acceptors (Lipinski definition) is 5. The van der Waals surface area contributed by atoms with Gasteiger partial charge < -0.3 is 14.6 Å². The van der Waals surface area contributed by atoms with Crippen LogP contribution in [0.1, 0.15) is 11.5 Å². The normalized spacial score (nSPS) is 10.5. The van der Waals surface area contributed by atoms with Crippen LogP contribution in [0.25, 0.3) is 11.4 Å². The van der Waals surface area contributed by atoms with Crippen molar-refractivity contribution in [3.05, 3.63) is 64.5 Å². The van der Waals surface area contributed by atoms with Gasteiger partial charge in [0.25, 0.3) is 5.91 Å². The summed E-state index contributed by atoms with van der Waals surface area (Å²) in [4.78, 5) is 16.1. The lowest BCUT2D eigenvalue weighted by molar-refractivity contribution is -0.123. The van der Waals surface area contributed by atoms with E-state index in [1.54, 1.807) is 12.1 Å². The number of aryl methyl sites for hydroxylation is 1. The number of amides is 1. The summed E-state index contributed by atoms with van der Waals surface area (Å²) in [5.74, 6) is 1.20. The average molecular weight is 402 g/mol. The smallest absolute Gasteiger partial charge is 0.258 e. The van der Waals surface area contributed by atoms with E-state index in [0.717, 1.165) is 15.6 Å². The molecule has 0 aliphatic heterocycles. The summed E-state index contributed by atoms with van der Waals surface area (Å²) in [7, 11) is 0. The zero-order chi connectivity index (χ0) is 17.6. The molecule has 1 heterocycles. The van der Waals surface area contributed by atoms with Crippen molar-refractivity contribution in [3.8, 4) is 17.1 Å². The maximum absolute atomic E-state index is 11.8. The number of rotatable bonds is 6. The summed E-state index contributed by atoms with van der Waals surface area (Å²) in [5.41, 5.74) is 1.99. The maximum atomic E-state index is 11.8. The van der Waals surface area contributed by atoms with Crippen LogP contribution in [0.4, 0.5) is 0 Å². The SMILES string of the molecule is Cc1cccc(-c2noc(CNC(=O)COc3ccc(Br)cc3)n2)c1. The summed E-state index contributed by atoms with van der Waals surface area (Å²) in [6, 6.07) is 15.1. The van der Waals surface area contributed by atoms with E-state index in [2.05, 4.69) is 31.4 Å². The van der Waals surface area contributed by atoms with E-state index in [1.807, 2.05) is 43.3 Å². The highest BCUT2D eigenvalue weighted by Crippen LogP contribution is 2.17. The van der Waals surface area contributed by atoms with Crippen molar-refractivity contribution in [2.75, 3.05) is 6.61 Å². The van der Waals surface area contributed by atoms with Crippen molar-refractivity contribution in [1.29, 1.82) is 0 Å². The molecule has 1 amide bonds. The first-order chi connectivity index (χ1) is 12.1. The van der Waals surface area contributed by atoms with Gasteiger partial charge in [-0.1, -0.05) is 44.8 Å². The van der Waals surface area contributed by atoms with Gasteiger partial charge in [0.1, 0.15) is 5.75 Å². The Balaban J connectivity index is 1.50. The van der Waals surface area contributed by atoms with Crippen molar-refractivity contribution in [1.82, 2.24) is 15.5 Å². The van der Waals surface area contributed by atoms with E-state index < -0.39 is 0 Å². The standard InChI is InChI=1S/C18H16BrN3O3/c1-12-3-2-4-13(9-12)18-21-17(25-22-18)10-20-16(23)11-24-15-7-5-14(19)6-8-15/h2-9H,10-11H2,1H3,(H,20,23). The molecule has 6 nitrogen and oxygen atoms in total. The molecule has 0 fully saturated rings. The predicted octanol–water partition coefficient (Wildman–Crippen LogP) is 3.50. The van der Waals surface area contributed by atoms with E-state index in [4.69, 9.17) is 9.26 Å². The van der Waals surface area contributed by atoms with Crippen molar-refractivity contribution >= 4 is 21.8 Å². The number of ether oxygens (including phenoxy) is 1. The molecule has 3 rings (SSSR count). The quantitative estimate of drug-likeness (QED) is 0.683. The minimum atomic E-state index is -0.266. The van der Waals surface area contributed by atoms with Crippen LogP contribution in [0.3, 0.4) is 0 Å². The molecule has 0 atom stereocenters. The largest absolute Gasteiger partial charge is 0.484 e. The molecule has 1 N–H and O–H groups in total. The molecule has 0 bridgehead atoms. The van der Waals surface area contributed by atoms with Crippen molar-refractivity contribution in [3.63, 3.8) is 0 Å². The Morgan fingerprint density at radius 2 is 2.04 bits per heavy atom. The van der Waals surface area contributed by atoms with E-state index in [0.29, 0.717) is 17.5 Å². The summed E-state index contributed by atoms with van der Waals surface area (Å²) >= 11 is 3.34. The first-order valence-electron chi connectivity index (χ1n) is 7.65. The lowest BCUT2D eigenvalue weighted by atomic mass is 10.1. The number of halogens is 1. The van der Waals surface area contributed by atoms with Gasteiger partial charge in [-0.3, -0.25) is 4.79 Å². The molecule has 7 heteroatoms. The zero-order valence-corrected chi connectivity index (χ0v) is 15.1. The van der Waals surface area contributed by atoms with E-state index in [1.165, 1.54) is 0 Å². The molecule has 128 valence electrons. The number of aromatic nitrogens is 2. The number of nitrogens with one attached hydrogen (secondary N) is 1. The topological polar surface area (TPSA) is 77.2 Å². The molecular formula is C18H16BrN3O3. The first-order valence-corrected chi connectivity index (χ1v) is 8.44. The maximum Gasteiger partial charge on any atom is 0.258 e. The van der Waals surface area contributed by atoms with Crippen LogP contribution in [0.2, 0.25) is 0 Å². The molecule has 0 spiro atoms. The second kappa shape index (κ2) is 7.94. The van der Waals surface area contributed by atoms with Crippen molar-refractivity contribution in [2.24, 2.45) is 0 Å². The Labute approximate surface area is 153 Å². The summed E-state index contributed by atoms with van der Waals surface area (Å²) in [5, 5.41) is 6.62. The number of benzene rings is 2. The second-order valence-electron chi connectivity index (χ2n) is 5.40. The number of hydrogen-bond donors (Lipinski definition) is 1. The lowest BCUT2D eigenvalue weighted by Gasteiger charge is -2.06. The Hall–Kier alpha value is -2.67. The van der Waals surface area contributed by atoms with Gasteiger partial charge in [0, 0.05) is 10.0 Å². The Bertz CT molecular complexity index is 862. The molecule has 0 aliphatic carbocycles. The second-order valence-corrected chi connectivity index (χ2v) is 6.32. The molecule has 25 heavy (non-hydrogen) atoms. The van der Waals surface area contributed by atoms with Crippen LogP contribution in [-0.4, -0.2) is 22.7 Å². The Kier molecular flexibility index (Phi) is 5.45. The molecular weight excluding hydrogens is 386 g/mol. The van der Waals surface area contributed by atoms with Gasteiger partial charge in [-0.25, -0.2) is 0 Å². The third-order valence-corrected chi connectivity index (χ3v) is 3.89. The third kappa shape index (κ3) is 4.90. The molecule has 3 aromatic rings. The summed E-state index contributed by atoms with van der Waals surface area (Å²) in [6.07, 6.45) is 0. The molecule has 0 unspecified atom stereocenters. The van der Waals surface area contributed by atoms with Crippen molar-refractivity contribution in [2.45, 2.75) is 13.5 Å². The highest BCUT2D eigenvalue weighted by molar-refractivity contribution is 9.10. The predicted molar refractivity (Wildman–Crippen MR) is 96.0 cm³/mol. The summed E-state index contributed by atoms with van der Waals surface area (Å²) < 4.78 is 11.5. The lowest BCUT2D eigenvalue weighted by Crippen LogP contribution is -2.28. The Morgan fingerprint density at radius 3 is 2.80 bits per heavy atom. The molecule has 1 aromatic heterocycles. The van der Waals surface area contributed by atoms with Crippen LogP contribution in [0.5, 0.6) is 5.75 Å². The average Bonchev–Trinajstić information content (AvgIpc) is 3.08. The van der Waals surface area contributed by atoms with Crippen LogP contribution >= 0.6 is 15.9 Å². The van der Waals surface area contributed by atoms with Gasteiger partial charge >= 0.3 is 0 Å². The monoisotopic (exact) mass is 401 g/mol. The van der Waals surface area contributed by atoms with E-state index in [9.17, 15) is 4.79 Å². The van der Waals surface area contributed by atoms with Gasteiger partial charge in [-0.05, 0) is 37.3 Å². The van der Waals surface area contributed by atoms with E-state index in [-0.39, 0.29) is 19.1 Å². The van der Waals surface area contributed by atoms with Crippen LogP contribution < -0.4 is 10.1 Å². The molecule has 0 aliphatic rings. The number of carbonyl (C=O) groups is 1. The van der Waals surface area contributed by atoms with Crippen LogP contribution in [0.15, 0.2) is 57.5 Å². The molecule has 0 radical (unpaired) electrons. The fourth-order valence-corrected chi connectivity index (χ4v) is 2.40. The molecule has 2 aromatic carbocycles. The highest BCUT2D eigenvalue weighted by atomic mass is 79.9. The third-order valence-electron chi connectivity index (χ3n) is 3.36. The van der Waals surface area contributed by atoms with Gasteiger partial charge in [-0.2, -0.15) is 4.98 Å². The minimum absolute atomic E-state index is 0.0828. The van der Waals surface area contributed by atoms with Gasteiger partial charge in [0.15, 0.2) is 6.61 Å². The minimum Gasteiger partial charge on any atom is -0.484 e. The first kappa shape index (κ1) is 17.2. The van der Waals surface area contributed by atoms with Crippen molar-refractivity contribution < 1.29 is 14.1 Å².